The van der Waals surface area contributed by atoms with E-state index in [1.165, 1.54) is 51.8 Å². The molecule has 1 unspecified atom stereocenters. The zero-order chi connectivity index (χ0) is 27.7. The van der Waals surface area contributed by atoms with Gasteiger partial charge >= 0.3 is 221 Å². The third kappa shape index (κ3) is 7.08. The van der Waals surface area contributed by atoms with Crippen LogP contribution in [0.15, 0.2) is 46.5 Å². The Bertz CT molecular complexity index is 1140. The number of nitrogens with one attached hydrogen (secondary N) is 1. The molecule has 0 bridgehead atoms. The summed E-state index contributed by atoms with van der Waals surface area (Å²) in [5, 5.41) is 12.4. The standard InChI is InChI=1S/C18H15N2O4S.3C4H9.Sn/c1-2-14(17(22)23)20-16(21)13(19-18(20)25)10-12-8-9-15(24-12)11-6-4-3-5-7-11;3*1-3-4-2;/h3-4,6-10,14H,2H2,1H3,(H,19,25)(H,22,23);3*1,3-4H2,2H3;. The van der Waals surface area contributed by atoms with Crippen LogP contribution >= 0.6 is 12.2 Å². The second kappa shape index (κ2) is 14.3. The van der Waals surface area contributed by atoms with Crippen LogP contribution in [0.25, 0.3) is 17.4 Å². The summed E-state index contributed by atoms with van der Waals surface area (Å²) in [4.78, 5) is 25.6. The predicted octanol–water partition coefficient (Wildman–Crippen LogP) is 6.92. The molecule has 1 atom stereocenters. The molecule has 0 radical (unpaired) electrons. The Hall–Kier alpha value is -2.13. The van der Waals surface area contributed by atoms with Crippen molar-refractivity contribution in [1.29, 1.82) is 0 Å². The Morgan fingerprint density at radius 3 is 2.24 bits per heavy atom. The quantitative estimate of drug-likeness (QED) is 0.124. The fourth-order valence-corrected chi connectivity index (χ4v) is 21.7. The molecule has 0 aliphatic carbocycles. The first-order chi connectivity index (χ1) is 18.3. The molecule has 2 heterocycles. The maximum atomic E-state index is 12.9. The monoisotopic (exact) mass is 646 g/mol. The fraction of sp³-hybridized carbons (Fsp3) is 0.500. The summed E-state index contributed by atoms with van der Waals surface area (Å²) in [6, 6.07) is 11.8. The van der Waals surface area contributed by atoms with Gasteiger partial charge in [0.15, 0.2) is 0 Å². The molecule has 2 aromatic rings. The van der Waals surface area contributed by atoms with E-state index < -0.39 is 36.3 Å². The van der Waals surface area contributed by atoms with Gasteiger partial charge in [0, 0.05) is 0 Å². The molecule has 3 rings (SSSR count). The zero-order valence-electron chi connectivity index (χ0n) is 23.2. The molecule has 38 heavy (non-hydrogen) atoms. The number of carbonyl (C=O) groups is 2. The molecule has 1 aromatic heterocycles. The average molecular weight is 645 g/mol. The summed E-state index contributed by atoms with van der Waals surface area (Å²) in [5.41, 5.74) is 1.29. The number of unbranched alkanes of at least 4 members (excludes halogenated alkanes) is 3. The predicted molar refractivity (Wildman–Crippen MR) is 161 cm³/mol. The Morgan fingerprint density at radius 2 is 1.68 bits per heavy atom. The Labute approximate surface area is 236 Å². The van der Waals surface area contributed by atoms with Crippen LogP contribution in [-0.2, 0) is 9.59 Å². The SMILES string of the molecule is CCC[CH2][Sn]([CH2]CCC)([CH2]CCC)[c]1cccc(-c2ccc(C=C3NC(=S)N(C(CC)C(=O)O)C3=O)o2)c1. The van der Waals surface area contributed by atoms with Crippen LogP contribution in [0.1, 0.15) is 78.4 Å². The molecule has 1 fully saturated rings. The van der Waals surface area contributed by atoms with Crippen LogP contribution in [0, 0.1) is 0 Å². The first-order valence-electron chi connectivity index (χ1n) is 14.1. The molecule has 0 spiro atoms. The number of hydrogen-bond donors (Lipinski definition) is 2. The molecular weight excluding hydrogens is 603 g/mol. The van der Waals surface area contributed by atoms with Gasteiger partial charge < -0.3 is 5.11 Å². The van der Waals surface area contributed by atoms with Crippen LogP contribution in [-0.4, -0.2) is 51.4 Å². The molecule has 1 aliphatic rings. The van der Waals surface area contributed by atoms with E-state index in [-0.39, 0.29) is 17.2 Å². The Balaban J connectivity index is 1.90. The average Bonchev–Trinajstić information content (AvgIpc) is 3.49. The first kappa shape index (κ1) is 30.4. The number of carboxylic acids is 1. The van der Waals surface area contributed by atoms with Crippen LogP contribution in [0.4, 0.5) is 0 Å². The van der Waals surface area contributed by atoms with Crippen molar-refractivity contribution in [2.45, 2.75) is 92.0 Å². The van der Waals surface area contributed by atoms with Crippen molar-refractivity contribution in [1.82, 2.24) is 10.2 Å². The molecule has 1 aromatic carbocycles. The molecule has 0 saturated carbocycles. The second-order valence-electron chi connectivity index (χ2n) is 10.3. The van der Waals surface area contributed by atoms with Crippen molar-refractivity contribution in [3.8, 4) is 11.3 Å². The van der Waals surface area contributed by atoms with Gasteiger partial charge in [-0.3, -0.25) is 0 Å². The first-order valence-corrected chi connectivity index (χ1v) is 22.0. The number of thiocarbonyl (C=S) groups is 1. The number of aliphatic carboxylic acids is 1. The summed E-state index contributed by atoms with van der Waals surface area (Å²) in [6.45, 7) is 8.61. The van der Waals surface area contributed by atoms with Gasteiger partial charge in [-0.2, -0.15) is 0 Å². The molecule has 1 amide bonds. The summed E-state index contributed by atoms with van der Waals surface area (Å²) >= 11 is 2.68. The number of carboxylic acid groups (broad SMARTS) is 1. The molecule has 2 N–H and O–H groups in total. The van der Waals surface area contributed by atoms with E-state index in [1.807, 2.05) is 12.1 Å². The van der Waals surface area contributed by atoms with Crippen molar-refractivity contribution in [2.75, 3.05) is 0 Å². The van der Waals surface area contributed by atoms with Gasteiger partial charge in [0.2, 0.25) is 0 Å². The number of furan rings is 1. The van der Waals surface area contributed by atoms with Gasteiger partial charge in [0.05, 0.1) is 0 Å². The van der Waals surface area contributed by atoms with E-state index in [0.29, 0.717) is 5.76 Å². The molecule has 1 saturated heterocycles. The number of nitrogens with zero attached hydrogens (tertiary/aromatic N) is 1. The number of carbonyl (C=O) groups excluding carboxylic acids is 1. The molecule has 6 nitrogen and oxygen atoms in total. The normalized spacial score (nSPS) is 15.8. The summed E-state index contributed by atoms with van der Waals surface area (Å²) in [7, 11) is 0. The minimum absolute atomic E-state index is 0.102. The van der Waals surface area contributed by atoms with E-state index in [4.69, 9.17) is 16.6 Å². The Morgan fingerprint density at radius 1 is 1.05 bits per heavy atom. The molecule has 1 aliphatic heterocycles. The van der Waals surface area contributed by atoms with Gasteiger partial charge in [-0.15, -0.1) is 0 Å². The number of hydrogen-bond acceptors (Lipinski definition) is 4. The van der Waals surface area contributed by atoms with Crippen LogP contribution in [0.2, 0.25) is 13.3 Å². The van der Waals surface area contributed by atoms with E-state index in [0.717, 1.165) is 16.2 Å². The van der Waals surface area contributed by atoms with Gasteiger partial charge in [-0.1, -0.05) is 6.92 Å². The summed E-state index contributed by atoms with van der Waals surface area (Å²) in [5.74, 6) is -0.246. The van der Waals surface area contributed by atoms with Gasteiger partial charge in [-0.25, -0.2) is 4.79 Å². The van der Waals surface area contributed by atoms with Crippen LogP contribution < -0.4 is 8.90 Å². The number of amides is 1. The molecule has 8 heteroatoms. The van der Waals surface area contributed by atoms with Crippen molar-refractivity contribution < 1.29 is 19.1 Å². The topological polar surface area (TPSA) is 82.8 Å². The van der Waals surface area contributed by atoms with E-state index >= 15 is 0 Å². The van der Waals surface area contributed by atoms with Gasteiger partial charge in [0.25, 0.3) is 0 Å². The number of rotatable bonds is 15. The maximum absolute atomic E-state index is 12.9. The second-order valence-corrected chi connectivity index (χ2v) is 23.9. The van der Waals surface area contributed by atoms with Crippen molar-refractivity contribution in [2.24, 2.45) is 0 Å². The van der Waals surface area contributed by atoms with E-state index in [1.54, 1.807) is 16.6 Å². The van der Waals surface area contributed by atoms with Gasteiger partial charge in [-0.05, 0) is 0 Å². The summed E-state index contributed by atoms with van der Waals surface area (Å²) < 4.78 is 12.0. The third-order valence-electron chi connectivity index (χ3n) is 7.59. The summed E-state index contributed by atoms with van der Waals surface area (Å²) in [6.07, 6.45) is 9.53. The zero-order valence-corrected chi connectivity index (χ0v) is 26.9. The van der Waals surface area contributed by atoms with Crippen molar-refractivity contribution >= 4 is 57.2 Å². The minimum atomic E-state index is -2.58. The van der Waals surface area contributed by atoms with Crippen LogP contribution in [0.3, 0.4) is 0 Å². The number of benzene rings is 1. The molecule has 206 valence electrons. The van der Waals surface area contributed by atoms with E-state index in [2.05, 4.69) is 50.4 Å². The fourth-order valence-electron chi connectivity index (χ4n) is 5.38. The van der Waals surface area contributed by atoms with Gasteiger partial charge in [0.1, 0.15) is 0 Å². The van der Waals surface area contributed by atoms with Crippen molar-refractivity contribution in [3.63, 3.8) is 0 Å². The molecular formula is C30H42N2O4SSn. The van der Waals surface area contributed by atoms with E-state index in [9.17, 15) is 14.7 Å². The van der Waals surface area contributed by atoms with Crippen molar-refractivity contribution in [3.05, 3.63) is 47.9 Å². The Kier molecular flexibility index (Phi) is 11.5. The third-order valence-corrected chi connectivity index (χ3v) is 23.5. The van der Waals surface area contributed by atoms with Crippen LogP contribution in [0.5, 0.6) is 0 Å².